The number of esters is 1. The summed E-state index contributed by atoms with van der Waals surface area (Å²) in [6, 6.07) is 2.26. The Bertz CT molecular complexity index is 1310. The van der Waals surface area contributed by atoms with E-state index in [1.54, 1.807) is 37.3 Å². The number of nitrogens with one attached hydrogen (secondary N) is 5. The highest BCUT2D eigenvalue weighted by Gasteiger charge is 2.36. The first-order chi connectivity index (χ1) is 24.7. The third-order valence-corrected chi connectivity index (χ3v) is 9.24. The van der Waals surface area contributed by atoms with Gasteiger partial charge in [0.05, 0.1) is 19.1 Å². The second-order valence-electron chi connectivity index (χ2n) is 14.3. The van der Waals surface area contributed by atoms with E-state index in [1.807, 2.05) is 20.8 Å². The Kier molecular flexibility index (Phi) is 19.3. The zero-order valence-electron chi connectivity index (χ0n) is 31.6. The maximum atomic E-state index is 14.0. The van der Waals surface area contributed by atoms with Crippen molar-refractivity contribution >= 4 is 35.5 Å². The molecule has 8 atom stereocenters. The molecule has 1 fully saturated rings. The number of hydrogen-bond acceptors (Lipinski definition) is 9. The molecular weight excluding hydrogens is 670 g/mol. The lowest BCUT2D eigenvalue weighted by molar-refractivity contribution is -0.156. The van der Waals surface area contributed by atoms with E-state index in [1.165, 1.54) is 6.92 Å². The lowest BCUT2D eigenvalue weighted by Gasteiger charge is -2.29. The molecule has 0 bridgehead atoms. The molecule has 1 aliphatic rings. The fraction of sp³-hybridized carbons (Fsp3) is 0.684. The maximum absolute atomic E-state index is 14.0. The largest absolute Gasteiger partial charge is 0.460 e. The third-order valence-electron chi connectivity index (χ3n) is 9.24. The van der Waals surface area contributed by atoms with E-state index in [9.17, 15) is 39.0 Å². The van der Waals surface area contributed by atoms with Crippen molar-refractivity contribution in [3.8, 4) is 0 Å². The van der Waals surface area contributed by atoms with E-state index in [0.29, 0.717) is 24.8 Å². The number of amides is 5. The maximum Gasteiger partial charge on any atom is 0.329 e. The second kappa shape index (κ2) is 22.8. The quantitative estimate of drug-likeness (QED) is 0.110. The van der Waals surface area contributed by atoms with E-state index in [4.69, 9.17) is 4.74 Å². The van der Waals surface area contributed by atoms with E-state index >= 15 is 0 Å². The van der Waals surface area contributed by atoms with Gasteiger partial charge in [-0.05, 0) is 43.6 Å². The minimum Gasteiger partial charge on any atom is -0.460 e. The average molecular weight is 732 g/mol. The molecule has 292 valence electrons. The van der Waals surface area contributed by atoms with Crippen LogP contribution < -0.4 is 26.6 Å². The average Bonchev–Trinajstić information content (AvgIpc) is 3.09. The number of cyclic esters (lactones) is 1. The van der Waals surface area contributed by atoms with Gasteiger partial charge in [-0.15, -0.1) is 0 Å². The van der Waals surface area contributed by atoms with Gasteiger partial charge in [-0.3, -0.25) is 24.0 Å². The van der Waals surface area contributed by atoms with Gasteiger partial charge in [0.25, 0.3) is 0 Å². The molecule has 1 aliphatic heterocycles. The summed E-state index contributed by atoms with van der Waals surface area (Å²) in [6.07, 6.45) is 3.15. The molecule has 14 heteroatoms. The third kappa shape index (κ3) is 14.9. The Morgan fingerprint density at radius 2 is 1.33 bits per heavy atom. The first-order valence-corrected chi connectivity index (χ1v) is 18.7. The van der Waals surface area contributed by atoms with Crippen LogP contribution in [0.4, 0.5) is 0 Å². The van der Waals surface area contributed by atoms with Crippen molar-refractivity contribution in [2.45, 2.75) is 148 Å². The zero-order valence-corrected chi connectivity index (χ0v) is 31.6. The van der Waals surface area contributed by atoms with Gasteiger partial charge in [-0.1, -0.05) is 97.1 Å². The predicted molar refractivity (Wildman–Crippen MR) is 195 cm³/mol. The summed E-state index contributed by atoms with van der Waals surface area (Å²) in [6.45, 7) is 9.86. The summed E-state index contributed by atoms with van der Waals surface area (Å²) >= 11 is 0. The molecule has 0 spiro atoms. The number of benzene rings is 1. The standard InChI is InChI=1S/C38H61N5O9/c1-7-9-10-11-15-18-27-21-31(46)39-28(19-23(3)4)34(47)41-30(22-44)36(49)43-33(25(6)45)37(50)40-29(20-26-16-13-12-14-17-26)35(48)42-32(24(5)8-2)38(51)52-27/h12-14,16-17,23-25,27-30,32-33,44-45H,7-11,15,18-22H2,1-6H3,(H,39,46)(H,40,50)(H,41,47)(H,42,48)(H,43,49)/t24-,25+,27+,28-,29+,30-,32+,33-/m0/s1. The molecule has 0 radical (unpaired) electrons. The molecule has 0 aliphatic carbocycles. The molecule has 1 saturated heterocycles. The molecule has 52 heavy (non-hydrogen) atoms. The number of hydrogen-bond donors (Lipinski definition) is 7. The molecule has 0 unspecified atom stereocenters. The van der Waals surface area contributed by atoms with Gasteiger partial charge >= 0.3 is 5.97 Å². The Labute approximate surface area is 308 Å². The summed E-state index contributed by atoms with van der Waals surface area (Å²) in [5, 5.41) is 33.6. The van der Waals surface area contributed by atoms with Crippen molar-refractivity contribution in [2.75, 3.05) is 6.61 Å². The van der Waals surface area contributed by atoms with Crippen molar-refractivity contribution in [3.63, 3.8) is 0 Å². The highest BCUT2D eigenvalue weighted by molar-refractivity contribution is 5.96. The van der Waals surface area contributed by atoms with Gasteiger partial charge in [-0.25, -0.2) is 4.79 Å². The number of carbonyl (C=O) groups is 6. The van der Waals surface area contributed by atoms with Crippen molar-refractivity contribution in [2.24, 2.45) is 11.8 Å². The monoisotopic (exact) mass is 731 g/mol. The number of unbranched alkanes of at least 4 members (excludes halogenated alkanes) is 4. The van der Waals surface area contributed by atoms with Crippen molar-refractivity contribution in [1.29, 1.82) is 0 Å². The summed E-state index contributed by atoms with van der Waals surface area (Å²) in [5.41, 5.74) is 0.690. The summed E-state index contributed by atoms with van der Waals surface area (Å²) in [7, 11) is 0. The van der Waals surface area contributed by atoms with Gasteiger partial charge in [0, 0.05) is 6.42 Å². The predicted octanol–water partition coefficient (Wildman–Crippen LogP) is 1.79. The normalized spacial score (nSPS) is 25.6. The highest BCUT2D eigenvalue weighted by Crippen LogP contribution is 2.18. The number of rotatable bonds is 14. The van der Waals surface area contributed by atoms with E-state index in [-0.39, 0.29) is 25.2 Å². The number of aliphatic hydroxyl groups excluding tert-OH is 2. The van der Waals surface area contributed by atoms with Gasteiger partial charge in [0.1, 0.15) is 36.3 Å². The molecule has 7 N–H and O–H groups in total. The Morgan fingerprint density at radius 1 is 0.731 bits per heavy atom. The van der Waals surface area contributed by atoms with Crippen LogP contribution in [0.2, 0.25) is 0 Å². The lowest BCUT2D eigenvalue weighted by Crippen LogP contribution is -2.62. The SMILES string of the molecule is CCCCCCC[C@@H]1CC(=O)N[C@@H](CC(C)C)C(=O)N[C@@H](CO)C(=O)N[C@@H]([C@@H](C)O)C(=O)N[C@H](Cc2ccccc2)C(=O)N[C@H]([C@@H](C)CC)C(=O)O1. The fourth-order valence-electron chi connectivity index (χ4n) is 5.95. The topological polar surface area (TPSA) is 212 Å². The second-order valence-corrected chi connectivity index (χ2v) is 14.3. The molecule has 14 nitrogen and oxygen atoms in total. The number of carbonyl (C=O) groups excluding carboxylic acids is 6. The number of aliphatic hydroxyl groups is 2. The Morgan fingerprint density at radius 3 is 1.92 bits per heavy atom. The molecule has 1 aromatic rings. The van der Waals surface area contributed by atoms with Crippen molar-refractivity contribution in [3.05, 3.63) is 35.9 Å². The molecule has 0 aromatic heterocycles. The fourth-order valence-corrected chi connectivity index (χ4v) is 5.95. The molecule has 1 heterocycles. The minimum absolute atomic E-state index is 0.00822. The van der Waals surface area contributed by atoms with Crippen LogP contribution in [0, 0.1) is 11.8 Å². The first kappa shape index (κ1) is 44.1. The lowest BCUT2D eigenvalue weighted by atomic mass is 9.97. The van der Waals surface area contributed by atoms with Crippen LogP contribution in [-0.4, -0.2) is 94.7 Å². The summed E-state index contributed by atoms with van der Waals surface area (Å²) in [4.78, 5) is 81.7. The van der Waals surface area contributed by atoms with Crippen LogP contribution in [0.3, 0.4) is 0 Å². The van der Waals surface area contributed by atoms with Crippen molar-refractivity contribution < 1.29 is 43.7 Å². The van der Waals surface area contributed by atoms with Gasteiger partial charge in [0.2, 0.25) is 29.5 Å². The Balaban J connectivity index is 2.60. The Hall–Kier alpha value is -4.04. The van der Waals surface area contributed by atoms with Crippen LogP contribution >= 0.6 is 0 Å². The van der Waals surface area contributed by atoms with E-state index in [0.717, 1.165) is 25.7 Å². The molecule has 5 amide bonds. The molecule has 1 aromatic carbocycles. The summed E-state index contributed by atoms with van der Waals surface area (Å²) in [5.74, 6) is -5.04. The van der Waals surface area contributed by atoms with E-state index < -0.39 is 90.4 Å². The van der Waals surface area contributed by atoms with Crippen molar-refractivity contribution in [1.82, 2.24) is 26.6 Å². The van der Waals surface area contributed by atoms with Gasteiger partial charge in [0.15, 0.2) is 0 Å². The minimum atomic E-state index is -1.59. The molecular formula is C38H61N5O9. The van der Waals surface area contributed by atoms with E-state index in [2.05, 4.69) is 33.5 Å². The van der Waals surface area contributed by atoms with Gasteiger partial charge < -0.3 is 41.5 Å². The zero-order chi connectivity index (χ0) is 38.8. The van der Waals surface area contributed by atoms with Gasteiger partial charge in [-0.2, -0.15) is 0 Å². The van der Waals surface area contributed by atoms with Crippen LogP contribution in [0.15, 0.2) is 30.3 Å². The number of ether oxygens (including phenoxy) is 1. The van der Waals surface area contributed by atoms with Crippen LogP contribution in [0.1, 0.15) is 105 Å². The summed E-state index contributed by atoms with van der Waals surface area (Å²) < 4.78 is 5.97. The van der Waals surface area contributed by atoms with Crippen LogP contribution in [0.5, 0.6) is 0 Å². The first-order valence-electron chi connectivity index (χ1n) is 18.7. The highest BCUT2D eigenvalue weighted by atomic mass is 16.5. The molecule has 0 saturated carbocycles. The molecule has 2 rings (SSSR count). The smallest absolute Gasteiger partial charge is 0.329 e. The van der Waals surface area contributed by atoms with Crippen LogP contribution in [0.25, 0.3) is 0 Å². The van der Waals surface area contributed by atoms with Crippen LogP contribution in [-0.2, 0) is 39.9 Å².